The van der Waals surface area contributed by atoms with Gasteiger partial charge in [-0.15, -0.1) is 0 Å². The molecule has 16 heavy (non-hydrogen) atoms. The molecule has 1 N–H and O–H groups in total. The van der Waals surface area contributed by atoms with Gasteiger partial charge in [0.05, 0.1) is 6.04 Å². The highest BCUT2D eigenvalue weighted by Crippen LogP contribution is 2.25. The number of rotatable bonds is 2. The van der Waals surface area contributed by atoms with Crippen LogP contribution in [0.2, 0.25) is 0 Å². The molecule has 0 aromatic heterocycles. The lowest BCUT2D eigenvalue weighted by Crippen LogP contribution is -2.36. The van der Waals surface area contributed by atoms with E-state index in [4.69, 9.17) is 0 Å². The van der Waals surface area contributed by atoms with Gasteiger partial charge in [-0.25, -0.2) is 4.39 Å². The molecule has 1 aliphatic heterocycles. The van der Waals surface area contributed by atoms with Crippen molar-refractivity contribution in [3.8, 4) is 0 Å². The molecule has 1 saturated heterocycles. The molecule has 0 aliphatic carbocycles. The second kappa shape index (κ2) is 4.22. The largest absolute Gasteiger partial charge is 0.311 e. The zero-order chi connectivity index (χ0) is 11.7. The molecule has 3 nitrogen and oxygen atoms in total. The normalized spacial score (nSPS) is 20.6. The van der Waals surface area contributed by atoms with Crippen LogP contribution in [0.15, 0.2) is 18.2 Å². The number of carbonyl (C=O) groups excluding carboxylic acids is 1. The number of carbonyl (C=O) groups is 1. The summed E-state index contributed by atoms with van der Waals surface area (Å²) in [6, 6.07) is 4.40. The van der Waals surface area contributed by atoms with E-state index in [1.54, 1.807) is 18.0 Å². The molecular weight excluding hydrogens is 207 g/mol. The van der Waals surface area contributed by atoms with Gasteiger partial charge >= 0.3 is 0 Å². The Labute approximate surface area is 94.3 Å². The summed E-state index contributed by atoms with van der Waals surface area (Å²) in [4.78, 5) is 13.6. The van der Waals surface area contributed by atoms with Crippen LogP contribution in [0.25, 0.3) is 0 Å². The summed E-state index contributed by atoms with van der Waals surface area (Å²) < 4.78 is 13.2. The van der Waals surface area contributed by atoms with Crippen LogP contribution in [0.4, 0.5) is 10.1 Å². The Hall–Kier alpha value is -1.42. The maximum Gasteiger partial charge on any atom is 0.244 e. The van der Waals surface area contributed by atoms with Gasteiger partial charge in [-0.3, -0.25) is 4.79 Å². The number of hydrogen-bond acceptors (Lipinski definition) is 2. The monoisotopic (exact) mass is 222 g/mol. The van der Waals surface area contributed by atoms with E-state index in [-0.39, 0.29) is 17.8 Å². The Morgan fingerprint density at radius 2 is 2.25 bits per heavy atom. The van der Waals surface area contributed by atoms with Gasteiger partial charge in [0.25, 0.3) is 0 Å². The van der Waals surface area contributed by atoms with Gasteiger partial charge in [-0.1, -0.05) is 6.07 Å². The van der Waals surface area contributed by atoms with Crippen LogP contribution in [0.5, 0.6) is 0 Å². The predicted molar refractivity (Wildman–Crippen MR) is 61.0 cm³/mol. The summed E-state index contributed by atoms with van der Waals surface area (Å²) in [5, 5.41) is 2.96. The average molecular weight is 222 g/mol. The van der Waals surface area contributed by atoms with Crippen LogP contribution < -0.4 is 10.2 Å². The molecule has 1 fully saturated rings. The lowest BCUT2D eigenvalue weighted by molar-refractivity contribution is -0.118. The minimum absolute atomic E-state index is 0.0243. The molecule has 1 amide bonds. The Bertz CT molecular complexity index is 419. The van der Waals surface area contributed by atoms with E-state index in [1.165, 1.54) is 12.1 Å². The summed E-state index contributed by atoms with van der Waals surface area (Å²) in [6.07, 6.45) is 0.769. The van der Waals surface area contributed by atoms with E-state index < -0.39 is 0 Å². The molecule has 1 aromatic carbocycles. The van der Waals surface area contributed by atoms with Crippen molar-refractivity contribution in [2.45, 2.75) is 19.4 Å². The number of anilines is 1. The average Bonchev–Trinajstić information content (AvgIpc) is 2.63. The molecule has 1 atom stereocenters. The van der Waals surface area contributed by atoms with Gasteiger partial charge in [0.2, 0.25) is 5.91 Å². The standard InChI is InChI=1S/C12H15FN2O/c1-8-3-4-9(13)7-11(8)15-6-5-10(14-2)12(15)16/h3-4,7,10,14H,5-6H2,1-2H3. The zero-order valence-electron chi connectivity index (χ0n) is 9.46. The smallest absolute Gasteiger partial charge is 0.244 e. The number of likely N-dealkylation sites (N-methyl/N-ethyl adjacent to an activating group) is 1. The first-order chi connectivity index (χ1) is 7.63. The maximum absolute atomic E-state index is 13.2. The van der Waals surface area contributed by atoms with Gasteiger partial charge < -0.3 is 10.2 Å². The SMILES string of the molecule is CNC1CCN(c2cc(F)ccc2C)C1=O. The third kappa shape index (κ3) is 1.80. The molecule has 2 rings (SSSR count). The van der Waals surface area contributed by atoms with Crippen molar-refractivity contribution in [1.82, 2.24) is 5.32 Å². The van der Waals surface area contributed by atoms with Crippen molar-refractivity contribution in [3.05, 3.63) is 29.6 Å². The van der Waals surface area contributed by atoms with Gasteiger partial charge in [-0.2, -0.15) is 0 Å². The fourth-order valence-corrected chi connectivity index (χ4v) is 2.06. The van der Waals surface area contributed by atoms with Gasteiger partial charge in [0.15, 0.2) is 0 Å². The van der Waals surface area contributed by atoms with Crippen LogP contribution in [-0.4, -0.2) is 25.5 Å². The predicted octanol–water partition coefficient (Wildman–Crippen LogP) is 1.46. The molecule has 1 heterocycles. The quantitative estimate of drug-likeness (QED) is 0.821. The number of aryl methyl sites for hydroxylation is 1. The van der Waals surface area contributed by atoms with Crippen LogP contribution in [0, 0.1) is 12.7 Å². The van der Waals surface area contributed by atoms with E-state index in [0.717, 1.165) is 12.0 Å². The van der Waals surface area contributed by atoms with Crippen molar-refractivity contribution < 1.29 is 9.18 Å². The van der Waals surface area contributed by atoms with Crippen LogP contribution in [0.1, 0.15) is 12.0 Å². The summed E-state index contributed by atoms with van der Waals surface area (Å²) in [5.41, 5.74) is 1.61. The van der Waals surface area contributed by atoms with E-state index in [1.807, 2.05) is 6.92 Å². The Balaban J connectivity index is 2.32. The lowest BCUT2D eigenvalue weighted by Gasteiger charge is -2.19. The number of amides is 1. The summed E-state index contributed by atoms with van der Waals surface area (Å²) in [5.74, 6) is -0.280. The Kier molecular flexibility index (Phi) is 2.92. The molecule has 4 heteroatoms. The van der Waals surface area contributed by atoms with E-state index in [0.29, 0.717) is 12.2 Å². The first-order valence-corrected chi connectivity index (χ1v) is 5.38. The summed E-state index contributed by atoms with van der Waals surface area (Å²) >= 11 is 0. The number of halogens is 1. The van der Waals surface area contributed by atoms with Crippen LogP contribution in [0.3, 0.4) is 0 Å². The number of nitrogens with one attached hydrogen (secondary N) is 1. The molecule has 86 valence electrons. The van der Waals surface area contributed by atoms with Crippen molar-refractivity contribution in [2.24, 2.45) is 0 Å². The molecular formula is C12H15FN2O. The summed E-state index contributed by atoms with van der Waals surface area (Å²) in [7, 11) is 1.77. The zero-order valence-corrected chi connectivity index (χ0v) is 9.46. The second-order valence-corrected chi connectivity index (χ2v) is 4.05. The van der Waals surface area contributed by atoms with Crippen LogP contribution in [-0.2, 0) is 4.79 Å². The Morgan fingerprint density at radius 3 is 2.88 bits per heavy atom. The topological polar surface area (TPSA) is 32.3 Å². The minimum atomic E-state index is -0.304. The molecule has 0 radical (unpaired) electrons. The molecule has 1 aliphatic rings. The van der Waals surface area contributed by atoms with Crippen LogP contribution >= 0.6 is 0 Å². The van der Waals surface area contributed by atoms with Crippen molar-refractivity contribution in [1.29, 1.82) is 0 Å². The van der Waals surface area contributed by atoms with Gasteiger partial charge in [0.1, 0.15) is 5.82 Å². The van der Waals surface area contributed by atoms with Gasteiger partial charge in [-0.05, 0) is 38.1 Å². The number of hydrogen-bond donors (Lipinski definition) is 1. The highest BCUT2D eigenvalue weighted by Gasteiger charge is 2.31. The van der Waals surface area contributed by atoms with Crippen molar-refractivity contribution >= 4 is 11.6 Å². The molecule has 1 unspecified atom stereocenters. The van der Waals surface area contributed by atoms with E-state index >= 15 is 0 Å². The van der Waals surface area contributed by atoms with Crippen molar-refractivity contribution in [2.75, 3.05) is 18.5 Å². The third-order valence-corrected chi connectivity index (χ3v) is 3.02. The first-order valence-electron chi connectivity index (χ1n) is 5.38. The molecule has 1 aromatic rings. The minimum Gasteiger partial charge on any atom is -0.311 e. The molecule has 0 saturated carbocycles. The summed E-state index contributed by atoms with van der Waals surface area (Å²) in [6.45, 7) is 2.53. The third-order valence-electron chi connectivity index (χ3n) is 3.02. The van der Waals surface area contributed by atoms with Crippen molar-refractivity contribution in [3.63, 3.8) is 0 Å². The van der Waals surface area contributed by atoms with E-state index in [9.17, 15) is 9.18 Å². The fraction of sp³-hybridized carbons (Fsp3) is 0.417. The Morgan fingerprint density at radius 1 is 1.50 bits per heavy atom. The highest BCUT2D eigenvalue weighted by molar-refractivity contribution is 5.99. The molecule has 0 spiro atoms. The first kappa shape index (κ1) is 11.1. The molecule has 0 bridgehead atoms. The lowest BCUT2D eigenvalue weighted by atomic mass is 10.2. The highest BCUT2D eigenvalue weighted by atomic mass is 19.1. The fourth-order valence-electron chi connectivity index (χ4n) is 2.06. The number of benzene rings is 1. The number of nitrogens with zero attached hydrogens (tertiary/aromatic N) is 1. The van der Waals surface area contributed by atoms with Gasteiger partial charge in [0, 0.05) is 12.2 Å². The maximum atomic E-state index is 13.2. The van der Waals surface area contributed by atoms with E-state index in [2.05, 4.69) is 5.32 Å². The second-order valence-electron chi connectivity index (χ2n) is 4.05.